The highest BCUT2D eigenvalue weighted by atomic mass is 16.6. The molecule has 118 valence electrons. The van der Waals surface area contributed by atoms with E-state index in [1.54, 1.807) is 14.2 Å². The summed E-state index contributed by atoms with van der Waals surface area (Å²) in [7, 11) is 3.18. The van der Waals surface area contributed by atoms with Gasteiger partial charge in [-0.3, -0.25) is 0 Å². The number of benzene rings is 2. The second-order valence-corrected chi connectivity index (χ2v) is 4.73. The molecule has 0 aliphatic rings. The summed E-state index contributed by atoms with van der Waals surface area (Å²) in [5.41, 5.74) is 7.57. The maximum atomic E-state index is 5.87. The molecule has 0 aliphatic carbocycles. The Morgan fingerprint density at radius 2 is 1.50 bits per heavy atom. The van der Waals surface area contributed by atoms with Crippen LogP contribution in [-0.4, -0.2) is 27.4 Å². The number of methoxy groups -OCH3 is 2. The molecule has 0 saturated carbocycles. The van der Waals surface area contributed by atoms with E-state index in [1.165, 1.54) is 0 Å². The van der Waals surface area contributed by atoms with Crippen molar-refractivity contribution in [2.75, 3.05) is 33.2 Å². The molecule has 5 nitrogen and oxygen atoms in total. The number of hydrogen-bond acceptors (Lipinski definition) is 5. The number of aryl methyl sites for hydroxylation is 1. The van der Waals surface area contributed by atoms with Crippen molar-refractivity contribution in [1.82, 2.24) is 0 Å². The minimum atomic E-state index is 0.351. The number of ether oxygens (including phenoxy) is 4. The van der Waals surface area contributed by atoms with Gasteiger partial charge in [0.25, 0.3) is 0 Å². The third-order valence-electron chi connectivity index (χ3n) is 3.14. The van der Waals surface area contributed by atoms with Gasteiger partial charge in [-0.25, -0.2) is 0 Å². The number of rotatable bonds is 7. The fraction of sp³-hybridized carbons (Fsp3) is 0.294. The molecule has 0 atom stereocenters. The van der Waals surface area contributed by atoms with Crippen molar-refractivity contribution in [3.8, 4) is 23.0 Å². The van der Waals surface area contributed by atoms with E-state index < -0.39 is 0 Å². The van der Waals surface area contributed by atoms with Crippen molar-refractivity contribution < 1.29 is 18.9 Å². The minimum absolute atomic E-state index is 0.351. The first kappa shape index (κ1) is 15.8. The van der Waals surface area contributed by atoms with Gasteiger partial charge in [0, 0.05) is 0 Å². The Kier molecular flexibility index (Phi) is 5.36. The van der Waals surface area contributed by atoms with Crippen molar-refractivity contribution >= 4 is 5.69 Å². The van der Waals surface area contributed by atoms with Gasteiger partial charge >= 0.3 is 0 Å². The van der Waals surface area contributed by atoms with Crippen LogP contribution in [0.5, 0.6) is 23.0 Å². The van der Waals surface area contributed by atoms with Crippen LogP contribution in [-0.2, 0) is 0 Å². The van der Waals surface area contributed by atoms with E-state index >= 15 is 0 Å². The van der Waals surface area contributed by atoms with Gasteiger partial charge in [-0.15, -0.1) is 0 Å². The van der Waals surface area contributed by atoms with E-state index in [0.29, 0.717) is 41.9 Å². The van der Waals surface area contributed by atoms with Crippen LogP contribution in [0.25, 0.3) is 0 Å². The lowest BCUT2D eigenvalue weighted by atomic mass is 10.2. The van der Waals surface area contributed by atoms with Crippen LogP contribution >= 0.6 is 0 Å². The van der Waals surface area contributed by atoms with E-state index in [0.717, 1.165) is 5.56 Å². The quantitative estimate of drug-likeness (QED) is 0.629. The van der Waals surface area contributed by atoms with Crippen LogP contribution < -0.4 is 24.7 Å². The van der Waals surface area contributed by atoms with E-state index in [1.807, 2.05) is 43.3 Å². The van der Waals surface area contributed by atoms with Crippen LogP contribution in [0.4, 0.5) is 5.69 Å². The van der Waals surface area contributed by atoms with Gasteiger partial charge in [0.2, 0.25) is 5.75 Å². The summed E-state index contributed by atoms with van der Waals surface area (Å²) in [4.78, 5) is 0. The lowest BCUT2D eigenvalue weighted by molar-refractivity contribution is 0.205. The topological polar surface area (TPSA) is 62.9 Å². The molecule has 0 amide bonds. The number of nitrogen functional groups attached to an aromatic ring is 1. The molecule has 0 fully saturated rings. The van der Waals surface area contributed by atoms with Crippen LogP contribution in [0.1, 0.15) is 5.56 Å². The molecule has 2 aromatic carbocycles. The smallest absolute Gasteiger partial charge is 0.203 e. The molecule has 2 aromatic rings. The van der Waals surface area contributed by atoms with Crippen molar-refractivity contribution in [3.05, 3.63) is 42.0 Å². The molecule has 0 aliphatic heterocycles. The first-order valence-electron chi connectivity index (χ1n) is 6.98. The molecule has 0 heterocycles. The van der Waals surface area contributed by atoms with Crippen molar-refractivity contribution in [1.29, 1.82) is 0 Å². The summed E-state index contributed by atoms with van der Waals surface area (Å²) in [6.45, 7) is 2.71. The minimum Gasteiger partial charge on any atom is -0.493 e. The normalized spacial score (nSPS) is 10.1. The second kappa shape index (κ2) is 7.45. The third-order valence-corrected chi connectivity index (χ3v) is 3.14. The third kappa shape index (κ3) is 3.75. The van der Waals surface area contributed by atoms with E-state index in [-0.39, 0.29) is 0 Å². The maximum absolute atomic E-state index is 5.87. The highest BCUT2D eigenvalue weighted by molar-refractivity contribution is 5.54. The lowest BCUT2D eigenvalue weighted by Gasteiger charge is -2.15. The molecule has 0 unspecified atom stereocenters. The SMILES string of the molecule is COc1cccc(OC)c1OCCOc1cc(C)ccc1N. The van der Waals surface area contributed by atoms with Gasteiger partial charge in [0.1, 0.15) is 19.0 Å². The highest BCUT2D eigenvalue weighted by Crippen LogP contribution is 2.36. The Hall–Kier alpha value is -2.56. The molecule has 0 bridgehead atoms. The Labute approximate surface area is 130 Å². The highest BCUT2D eigenvalue weighted by Gasteiger charge is 2.11. The standard InChI is InChI=1S/C17H21NO4/c1-12-7-8-13(18)16(11-12)21-9-10-22-17-14(19-2)5-4-6-15(17)20-3/h4-8,11H,9-10,18H2,1-3H3. The van der Waals surface area contributed by atoms with Crippen LogP contribution in [0.15, 0.2) is 36.4 Å². The molecular formula is C17H21NO4. The molecule has 0 spiro atoms. The molecule has 2 N–H and O–H groups in total. The zero-order valence-electron chi connectivity index (χ0n) is 13.1. The molecular weight excluding hydrogens is 282 g/mol. The number of hydrogen-bond donors (Lipinski definition) is 1. The van der Waals surface area contributed by atoms with E-state index in [9.17, 15) is 0 Å². The fourth-order valence-electron chi connectivity index (χ4n) is 2.02. The first-order chi connectivity index (χ1) is 10.7. The van der Waals surface area contributed by atoms with Gasteiger partial charge in [0.05, 0.1) is 19.9 Å². The van der Waals surface area contributed by atoms with Crippen LogP contribution in [0.2, 0.25) is 0 Å². The monoisotopic (exact) mass is 303 g/mol. The Bertz CT molecular complexity index is 606. The van der Waals surface area contributed by atoms with Gasteiger partial charge < -0.3 is 24.7 Å². The molecule has 5 heteroatoms. The predicted octanol–water partition coefficient (Wildman–Crippen LogP) is 3.05. The van der Waals surface area contributed by atoms with Crippen molar-refractivity contribution in [3.63, 3.8) is 0 Å². The molecule has 0 aromatic heterocycles. The fourth-order valence-corrected chi connectivity index (χ4v) is 2.02. The summed E-state index contributed by atoms with van der Waals surface area (Å²) in [5, 5.41) is 0. The van der Waals surface area contributed by atoms with Crippen LogP contribution in [0, 0.1) is 6.92 Å². The largest absolute Gasteiger partial charge is 0.493 e. The summed E-state index contributed by atoms with van der Waals surface area (Å²) in [6.07, 6.45) is 0. The average Bonchev–Trinajstić information content (AvgIpc) is 2.54. The zero-order chi connectivity index (χ0) is 15.9. The summed E-state index contributed by atoms with van der Waals surface area (Å²) in [5.74, 6) is 2.47. The maximum Gasteiger partial charge on any atom is 0.203 e. The van der Waals surface area contributed by atoms with Crippen molar-refractivity contribution in [2.45, 2.75) is 6.92 Å². The van der Waals surface area contributed by atoms with Crippen molar-refractivity contribution in [2.24, 2.45) is 0 Å². The first-order valence-corrected chi connectivity index (χ1v) is 6.98. The Morgan fingerprint density at radius 3 is 2.14 bits per heavy atom. The summed E-state index contributed by atoms with van der Waals surface area (Å²) >= 11 is 0. The van der Waals surface area contributed by atoms with Crippen LogP contribution in [0.3, 0.4) is 0 Å². The predicted molar refractivity (Wildman–Crippen MR) is 86.1 cm³/mol. The van der Waals surface area contributed by atoms with Gasteiger partial charge in [0.15, 0.2) is 11.5 Å². The van der Waals surface area contributed by atoms with Gasteiger partial charge in [-0.2, -0.15) is 0 Å². The van der Waals surface area contributed by atoms with Gasteiger partial charge in [-0.1, -0.05) is 12.1 Å². The van der Waals surface area contributed by atoms with E-state index in [2.05, 4.69) is 0 Å². The average molecular weight is 303 g/mol. The Balaban J connectivity index is 1.95. The van der Waals surface area contributed by atoms with E-state index in [4.69, 9.17) is 24.7 Å². The molecule has 0 saturated heterocycles. The number of nitrogens with two attached hydrogens (primary N) is 1. The summed E-state index contributed by atoms with van der Waals surface area (Å²) < 4.78 is 21.9. The van der Waals surface area contributed by atoms with Gasteiger partial charge in [-0.05, 0) is 36.8 Å². The summed E-state index contributed by atoms with van der Waals surface area (Å²) in [6, 6.07) is 11.1. The second-order valence-electron chi connectivity index (χ2n) is 4.73. The number of anilines is 1. The zero-order valence-corrected chi connectivity index (χ0v) is 13.1. The molecule has 0 radical (unpaired) electrons. The lowest BCUT2D eigenvalue weighted by Crippen LogP contribution is -2.11. The Morgan fingerprint density at radius 1 is 0.864 bits per heavy atom. The molecule has 2 rings (SSSR count). The number of para-hydroxylation sites is 1. The molecule has 22 heavy (non-hydrogen) atoms.